The van der Waals surface area contributed by atoms with Gasteiger partial charge in [-0.3, -0.25) is 14.6 Å². The van der Waals surface area contributed by atoms with E-state index in [4.69, 9.17) is 11.5 Å². The summed E-state index contributed by atoms with van der Waals surface area (Å²) in [6.45, 7) is 0.870. The maximum absolute atomic E-state index is 12.4. The molecule has 0 aliphatic rings. The Labute approximate surface area is 211 Å². The summed E-state index contributed by atoms with van der Waals surface area (Å²) in [6, 6.07) is 17.4. The number of aldehydes is 1. The molecular weight excluding hydrogens is 458 g/mol. The number of carboxylic acids is 1. The minimum atomic E-state index is -1.21. The Bertz CT molecular complexity index is 1110. The van der Waals surface area contributed by atoms with Crippen LogP contribution < -0.4 is 16.8 Å². The van der Waals surface area contributed by atoms with Crippen LogP contribution in [0.3, 0.4) is 0 Å². The molecule has 1 amide bonds. The van der Waals surface area contributed by atoms with Gasteiger partial charge in [-0.25, -0.2) is 4.79 Å². The number of aliphatic imine (C=N–C) groups is 1. The van der Waals surface area contributed by atoms with Gasteiger partial charge in [-0.15, -0.1) is 0 Å². The second kappa shape index (κ2) is 14.8. The fourth-order valence-electron chi connectivity index (χ4n) is 3.47. The van der Waals surface area contributed by atoms with Crippen molar-refractivity contribution < 1.29 is 19.5 Å². The summed E-state index contributed by atoms with van der Waals surface area (Å²) in [6.07, 6.45) is 6.38. The number of aliphatic carboxylic acids is 1. The standard InChI is InChI=1S/C27H33N5O4/c1-32(18-22-11-5-10-21(17-22)16-20-8-3-2-4-9-20)15-7-12-23(19-33)25(34)31-24(26(35)36)13-6-14-30-27(28)29/h2-5,7-12,15,17,19,24H,6,13-14,16,18H2,1H3,(H,31,34)(H,35,36)(H4,28,29,30)/b15-7-,23-12+. The first-order valence-electron chi connectivity index (χ1n) is 11.5. The van der Waals surface area contributed by atoms with Crippen LogP contribution in [0.5, 0.6) is 0 Å². The predicted octanol–water partition coefficient (Wildman–Crippen LogP) is 1.97. The van der Waals surface area contributed by atoms with Crippen LogP contribution in [-0.4, -0.2) is 53.8 Å². The molecule has 190 valence electrons. The molecule has 0 fully saturated rings. The zero-order valence-electron chi connectivity index (χ0n) is 20.3. The van der Waals surface area contributed by atoms with Gasteiger partial charge in [0.15, 0.2) is 12.2 Å². The number of nitrogens with zero attached hydrogens (tertiary/aromatic N) is 2. The van der Waals surface area contributed by atoms with E-state index in [1.54, 1.807) is 12.3 Å². The SMILES string of the molecule is CN(/C=C\C=C(/C=O)C(=O)NC(CCCN=C(N)N)C(=O)O)Cc1cccc(Cc2ccccc2)c1. The van der Waals surface area contributed by atoms with Gasteiger partial charge in [-0.05, 0) is 54.3 Å². The molecule has 0 saturated heterocycles. The molecule has 0 radical (unpaired) electrons. The van der Waals surface area contributed by atoms with E-state index in [0.717, 1.165) is 12.0 Å². The van der Waals surface area contributed by atoms with E-state index in [2.05, 4.69) is 34.6 Å². The summed E-state index contributed by atoms with van der Waals surface area (Å²) < 4.78 is 0. The molecule has 6 N–H and O–H groups in total. The minimum Gasteiger partial charge on any atom is -0.480 e. The molecule has 2 aromatic rings. The van der Waals surface area contributed by atoms with Crippen molar-refractivity contribution in [1.82, 2.24) is 10.2 Å². The van der Waals surface area contributed by atoms with E-state index in [1.807, 2.05) is 42.3 Å². The maximum Gasteiger partial charge on any atom is 0.326 e. The topological polar surface area (TPSA) is 151 Å². The molecule has 2 rings (SSSR count). The van der Waals surface area contributed by atoms with Crippen molar-refractivity contribution in [3.8, 4) is 0 Å². The highest BCUT2D eigenvalue weighted by Gasteiger charge is 2.21. The predicted molar refractivity (Wildman–Crippen MR) is 140 cm³/mol. The lowest BCUT2D eigenvalue weighted by Gasteiger charge is -2.15. The zero-order valence-corrected chi connectivity index (χ0v) is 20.3. The lowest BCUT2D eigenvalue weighted by molar-refractivity contribution is -0.141. The van der Waals surface area contributed by atoms with E-state index in [1.165, 1.54) is 17.2 Å². The molecule has 1 atom stereocenters. The molecule has 0 heterocycles. The molecular formula is C27H33N5O4. The minimum absolute atomic E-state index is 0.0891. The van der Waals surface area contributed by atoms with Crippen molar-refractivity contribution in [2.24, 2.45) is 16.5 Å². The zero-order chi connectivity index (χ0) is 26.3. The van der Waals surface area contributed by atoms with Crippen LogP contribution in [0.25, 0.3) is 0 Å². The summed E-state index contributed by atoms with van der Waals surface area (Å²) in [5.41, 5.74) is 13.9. The van der Waals surface area contributed by atoms with Crippen molar-refractivity contribution in [3.05, 3.63) is 95.2 Å². The van der Waals surface area contributed by atoms with Gasteiger partial charge < -0.3 is 26.8 Å². The van der Waals surface area contributed by atoms with Crippen LogP contribution in [0.2, 0.25) is 0 Å². The number of allylic oxidation sites excluding steroid dienone is 2. The normalized spacial score (nSPS) is 12.1. The lowest BCUT2D eigenvalue weighted by atomic mass is 10.0. The summed E-state index contributed by atoms with van der Waals surface area (Å²) in [7, 11) is 1.88. The molecule has 9 nitrogen and oxygen atoms in total. The third-order valence-electron chi connectivity index (χ3n) is 5.23. The first-order valence-corrected chi connectivity index (χ1v) is 11.5. The van der Waals surface area contributed by atoms with E-state index < -0.39 is 17.9 Å². The molecule has 2 aromatic carbocycles. The number of guanidine groups is 1. The molecule has 1 unspecified atom stereocenters. The maximum atomic E-state index is 12.4. The van der Waals surface area contributed by atoms with Gasteiger partial charge in [-0.1, -0.05) is 54.6 Å². The third kappa shape index (κ3) is 10.3. The van der Waals surface area contributed by atoms with Crippen molar-refractivity contribution >= 4 is 24.1 Å². The summed E-state index contributed by atoms with van der Waals surface area (Å²) in [4.78, 5) is 41.0. The molecule has 0 aliphatic carbocycles. The Morgan fingerprint density at radius 1 is 1.08 bits per heavy atom. The van der Waals surface area contributed by atoms with Gasteiger partial charge in [0, 0.05) is 20.1 Å². The van der Waals surface area contributed by atoms with Crippen LogP contribution in [0, 0.1) is 0 Å². The van der Waals surface area contributed by atoms with Crippen LogP contribution in [-0.2, 0) is 27.3 Å². The molecule has 0 aromatic heterocycles. The van der Waals surface area contributed by atoms with Crippen molar-refractivity contribution in [3.63, 3.8) is 0 Å². The van der Waals surface area contributed by atoms with E-state index in [-0.39, 0.29) is 24.5 Å². The smallest absolute Gasteiger partial charge is 0.326 e. The first kappa shape index (κ1) is 27.8. The van der Waals surface area contributed by atoms with Gasteiger partial charge in [-0.2, -0.15) is 0 Å². The largest absolute Gasteiger partial charge is 0.480 e. The lowest BCUT2D eigenvalue weighted by Crippen LogP contribution is -2.41. The van der Waals surface area contributed by atoms with E-state index in [0.29, 0.717) is 19.3 Å². The Balaban J connectivity index is 1.93. The number of hydrogen-bond acceptors (Lipinski definition) is 5. The number of hydrogen-bond donors (Lipinski definition) is 4. The van der Waals surface area contributed by atoms with Gasteiger partial charge in [0.1, 0.15) is 6.04 Å². The quantitative estimate of drug-likeness (QED) is 0.0461. The second-order valence-corrected chi connectivity index (χ2v) is 8.29. The molecule has 36 heavy (non-hydrogen) atoms. The Kier molecular flexibility index (Phi) is 11.4. The van der Waals surface area contributed by atoms with Gasteiger partial charge in [0.25, 0.3) is 5.91 Å². The van der Waals surface area contributed by atoms with Crippen LogP contribution >= 0.6 is 0 Å². The molecule has 0 spiro atoms. The second-order valence-electron chi connectivity index (χ2n) is 8.29. The average molecular weight is 492 g/mol. The highest BCUT2D eigenvalue weighted by atomic mass is 16.4. The molecule has 0 bridgehead atoms. The first-order chi connectivity index (χ1) is 17.3. The van der Waals surface area contributed by atoms with Crippen molar-refractivity contribution in [2.45, 2.75) is 31.8 Å². The van der Waals surface area contributed by atoms with Crippen molar-refractivity contribution in [1.29, 1.82) is 0 Å². The summed E-state index contributed by atoms with van der Waals surface area (Å²) >= 11 is 0. The number of nitrogens with two attached hydrogens (primary N) is 2. The van der Waals surface area contributed by atoms with Gasteiger partial charge >= 0.3 is 5.97 Å². The summed E-state index contributed by atoms with van der Waals surface area (Å²) in [5, 5.41) is 11.7. The number of amides is 1. The van der Waals surface area contributed by atoms with E-state index in [9.17, 15) is 19.5 Å². The van der Waals surface area contributed by atoms with Crippen LogP contribution in [0.4, 0.5) is 0 Å². The number of rotatable bonds is 14. The Hall–Kier alpha value is -4.40. The average Bonchev–Trinajstić information content (AvgIpc) is 2.84. The molecule has 9 heteroatoms. The highest BCUT2D eigenvalue weighted by molar-refractivity contribution is 6.11. The van der Waals surface area contributed by atoms with E-state index >= 15 is 0 Å². The molecule has 0 aliphatic heterocycles. The summed E-state index contributed by atoms with van der Waals surface area (Å²) in [5.74, 6) is -2.06. The Morgan fingerprint density at radius 2 is 1.78 bits per heavy atom. The fourth-order valence-corrected chi connectivity index (χ4v) is 3.47. The van der Waals surface area contributed by atoms with Crippen molar-refractivity contribution in [2.75, 3.05) is 13.6 Å². The number of carboxylic acid groups (broad SMARTS) is 1. The number of nitrogens with one attached hydrogen (secondary N) is 1. The monoisotopic (exact) mass is 491 g/mol. The third-order valence-corrected chi connectivity index (χ3v) is 5.23. The molecule has 0 saturated carbocycles. The highest BCUT2D eigenvalue weighted by Crippen LogP contribution is 2.13. The Morgan fingerprint density at radius 3 is 2.44 bits per heavy atom. The number of carbonyl (C=O) groups is 3. The fraction of sp³-hybridized carbons (Fsp3) is 0.259. The van der Waals surface area contributed by atoms with Gasteiger partial charge in [0.2, 0.25) is 0 Å². The number of carbonyl (C=O) groups excluding carboxylic acids is 2. The van der Waals surface area contributed by atoms with Crippen LogP contribution in [0.15, 0.2) is 83.5 Å². The van der Waals surface area contributed by atoms with Gasteiger partial charge in [0.05, 0.1) is 5.57 Å². The van der Waals surface area contributed by atoms with Crippen LogP contribution in [0.1, 0.15) is 29.5 Å². The number of benzene rings is 2.